The standard InChI is InChI=1S/C9H21N3O3S/c1-4-8(7-10)9(13)11-5-6-16(14,15)12(2)3/h8H,4-7,10H2,1-3H3,(H,11,13). The van der Waals surface area contributed by atoms with Gasteiger partial charge in [0.1, 0.15) is 0 Å². The predicted octanol–water partition coefficient (Wildman–Crippen LogP) is -1.02. The molecule has 0 spiro atoms. The van der Waals surface area contributed by atoms with Crippen molar-refractivity contribution >= 4 is 15.9 Å². The van der Waals surface area contributed by atoms with Gasteiger partial charge in [0.2, 0.25) is 15.9 Å². The second kappa shape index (κ2) is 6.82. The smallest absolute Gasteiger partial charge is 0.224 e. The molecule has 6 nitrogen and oxygen atoms in total. The summed E-state index contributed by atoms with van der Waals surface area (Å²) in [7, 11) is -0.317. The molecule has 0 aromatic rings. The number of hydrogen-bond donors (Lipinski definition) is 2. The number of hydrogen-bond acceptors (Lipinski definition) is 4. The van der Waals surface area contributed by atoms with Crippen molar-refractivity contribution in [3.63, 3.8) is 0 Å². The minimum absolute atomic E-state index is 0.0905. The molecular formula is C9H21N3O3S. The van der Waals surface area contributed by atoms with E-state index in [-0.39, 0.29) is 30.7 Å². The summed E-state index contributed by atoms with van der Waals surface area (Å²) < 4.78 is 23.9. The number of carbonyl (C=O) groups is 1. The summed E-state index contributed by atoms with van der Waals surface area (Å²) in [5, 5.41) is 2.57. The summed E-state index contributed by atoms with van der Waals surface area (Å²) in [6, 6.07) is 0. The van der Waals surface area contributed by atoms with Crippen LogP contribution in [0.2, 0.25) is 0 Å². The Hall–Kier alpha value is -0.660. The molecule has 0 aliphatic carbocycles. The molecule has 0 heterocycles. The number of nitrogens with zero attached hydrogens (tertiary/aromatic N) is 1. The Morgan fingerprint density at radius 1 is 1.44 bits per heavy atom. The highest BCUT2D eigenvalue weighted by Gasteiger charge is 2.16. The van der Waals surface area contributed by atoms with E-state index in [0.717, 1.165) is 4.31 Å². The quantitative estimate of drug-likeness (QED) is 0.605. The predicted molar refractivity (Wildman–Crippen MR) is 63.3 cm³/mol. The van der Waals surface area contributed by atoms with E-state index < -0.39 is 10.0 Å². The van der Waals surface area contributed by atoms with Crippen LogP contribution in [0.1, 0.15) is 13.3 Å². The fraction of sp³-hybridized carbons (Fsp3) is 0.889. The number of nitrogens with two attached hydrogens (primary N) is 1. The lowest BCUT2D eigenvalue weighted by Crippen LogP contribution is -2.38. The van der Waals surface area contributed by atoms with Crippen LogP contribution in [0.5, 0.6) is 0 Å². The second-order valence-electron chi connectivity index (χ2n) is 3.73. The van der Waals surface area contributed by atoms with Crippen LogP contribution in [0.3, 0.4) is 0 Å². The zero-order valence-corrected chi connectivity index (χ0v) is 10.9. The van der Waals surface area contributed by atoms with E-state index >= 15 is 0 Å². The lowest BCUT2D eigenvalue weighted by molar-refractivity contribution is -0.124. The largest absolute Gasteiger partial charge is 0.355 e. The van der Waals surface area contributed by atoms with Crippen molar-refractivity contribution in [3.05, 3.63) is 0 Å². The van der Waals surface area contributed by atoms with Gasteiger partial charge in [0.05, 0.1) is 5.75 Å². The van der Waals surface area contributed by atoms with Crippen LogP contribution in [0.15, 0.2) is 0 Å². The highest BCUT2D eigenvalue weighted by molar-refractivity contribution is 7.89. The summed E-state index contributed by atoms with van der Waals surface area (Å²) in [5.74, 6) is -0.506. The Labute approximate surface area is 97.2 Å². The maximum absolute atomic E-state index is 11.5. The molecule has 0 bridgehead atoms. The average Bonchev–Trinajstić information content (AvgIpc) is 2.19. The molecule has 16 heavy (non-hydrogen) atoms. The average molecular weight is 251 g/mol. The SMILES string of the molecule is CCC(CN)C(=O)NCCS(=O)(=O)N(C)C. The minimum Gasteiger partial charge on any atom is -0.355 e. The lowest BCUT2D eigenvalue weighted by Gasteiger charge is -2.14. The molecule has 1 amide bonds. The molecule has 0 aliphatic rings. The van der Waals surface area contributed by atoms with Gasteiger partial charge >= 0.3 is 0 Å². The maximum Gasteiger partial charge on any atom is 0.224 e. The van der Waals surface area contributed by atoms with Gasteiger partial charge in [-0.25, -0.2) is 12.7 Å². The molecule has 96 valence electrons. The van der Waals surface area contributed by atoms with Crippen LogP contribution < -0.4 is 11.1 Å². The molecule has 1 atom stereocenters. The van der Waals surface area contributed by atoms with Crippen molar-refractivity contribution in [2.24, 2.45) is 11.7 Å². The van der Waals surface area contributed by atoms with Crippen molar-refractivity contribution in [3.8, 4) is 0 Å². The molecular weight excluding hydrogens is 230 g/mol. The van der Waals surface area contributed by atoms with Crippen molar-refractivity contribution < 1.29 is 13.2 Å². The van der Waals surface area contributed by atoms with E-state index in [4.69, 9.17) is 5.73 Å². The Bertz CT molecular complexity index is 310. The highest BCUT2D eigenvalue weighted by Crippen LogP contribution is 1.99. The molecule has 0 aromatic carbocycles. The molecule has 3 N–H and O–H groups in total. The van der Waals surface area contributed by atoms with E-state index in [0.29, 0.717) is 6.42 Å². The highest BCUT2D eigenvalue weighted by atomic mass is 32.2. The van der Waals surface area contributed by atoms with Gasteiger partial charge in [0, 0.05) is 33.1 Å². The Morgan fingerprint density at radius 2 is 2.00 bits per heavy atom. The van der Waals surface area contributed by atoms with E-state index in [1.807, 2.05) is 6.92 Å². The van der Waals surface area contributed by atoms with Gasteiger partial charge in [-0.3, -0.25) is 4.79 Å². The molecule has 0 rings (SSSR count). The first kappa shape index (κ1) is 15.3. The topological polar surface area (TPSA) is 92.5 Å². The first-order valence-electron chi connectivity index (χ1n) is 5.23. The van der Waals surface area contributed by atoms with Crippen molar-refractivity contribution in [1.29, 1.82) is 0 Å². The van der Waals surface area contributed by atoms with Crippen LogP contribution in [-0.4, -0.2) is 51.6 Å². The lowest BCUT2D eigenvalue weighted by atomic mass is 10.1. The van der Waals surface area contributed by atoms with E-state index in [9.17, 15) is 13.2 Å². The number of nitrogens with one attached hydrogen (secondary N) is 1. The second-order valence-corrected chi connectivity index (χ2v) is 6.03. The third kappa shape index (κ3) is 4.91. The zero-order chi connectivity index (χ0) is 12.8. The van der Waals surface area contributed by atoms with Gasteiger partial charge in [0.25, 0.3) is 0 Å². The molecule has 0 fully saturated rings. The number of rotatable bonds is 7. The maximum atomic E-state index is 11.5. The van der Waals surface area contributed by atoms with Crippen LogP contribution in [0.4, 0.5) is 0 Å². The molecule has 0 saturated carbocycles. The number of amides is 1. The van der Waals surface area contributed by atoms with Gasteiger partial charge in [0.15, 0.2) is 0 Å². The minimum atomic E-state index is -3.25. The molecule has 0 saturated heterocycles. The van der Waals surface area contributed by atoms with Crippen LogP contribution in [0.25, 0.3) is 0 Å². The van der Waals surface area contributed by atoms with Gasteiger partial charge in [-0.1, -0.05) is 6.92 Å². The Kier molecular flexibility index (Phi) is 6.54. The van der Waals surface area contributed by atoms with E-state index in [2.05, 4.69) is 5.32 Å². The monoisotopic (exact) mass is 251 g/mol. The van der Waals surface area contributed by atoms with Crippen molar-refractivity contribution in [2.45, 2.75) is 13.3 Å². The normalized spacial score (nSPS) is 13.8. The summed E-state index contributed by atoms with van der Waals surface area (Å²) in [6.07, 6.45) is 0.656. The molecule has 0 radical (unpaired) electrons. The molecule has 1 unspecified atom stereocenters. The summed E-state index contributed by atoms with van der Waals surface area (Å²) >= 11 is 0. The first-order chi connectivity index (χ1) is 7.35. The van der Waals surface area contributed by atoms with Gasteiger partial charge in [-0.2, -0.15) is 0 Å². The van der Waals surface area contributed by atoms with Crippen LogP contribution in [-0.2, 0) is 14.8 Å². The van der Waals surface area contributed by atoms with Gasteiger partial charge in [-0.05, 0) is 6.42 Å². The third-order valence-electron chi connectivity index (χ3n) is 2.36. The Morgan fingerprint density at radius 3 is 2.38 bits per heavy atom. The Balaban J connectivity index is 4.05. The van der Waals surface area contributed by atoms with Gasteiger partial charge < -0.3 is 11.1 Å². The first-order valence-corrected chi connectivity index (χ1v) is 6.84. The van der Waals surface area contributed by atoms with E-state index in [1.165, 1.54) is 14.1 Å². The fourth-order valence-corrected chi connectivity index (χ4v) is 1.81. The summed E-state index contributed by atoms with van der Waals surface area (Å²) in [5.41, 5.74) is 5.40. The fourth-order valence-electron chi connectivity index (χ4n) is 1.09. The zero-order valence-electron chi connectivity index (χ0n) is 10.1. The molecule has 7 heteroatoms. The van der Waals surface area contributed by atoms with Gasteiger partial charge in [-0.15, -0.1) is 0 Å². The third-order valence-corrected chi connectivity index (χ3v) is 4.20. The summed E-state index contributed by atoms with van der Waals surface area (Å²) in [4.78, 5) is 11.5. The molecule has 0 aliphatic heterocycles. The summed E-state index contributed by atoms with van der Waals surface area (Å²) in [6.45, 7) is 2.27. The number of sulfonamides is 1. The van der Waals surface area contributed by atoms with Crippen molar-refractivity contribution in [2.75, 3.05) is 32.9 Å². The molecule has 0 aromatic heterocycles. The van der Waals surface area contributed by atoms with Crippen LogP contribution >= 0.6 is 0 Å². The van der Waals surface area contributed by atoms with E-state index in [1.54, 1.807) is 0 Å². The van der Waals surface area contributed by atoms with Crippen molar-refractivity contribution in [1.82, 2.24) is 9.62 Å². The van der Waals surface area contributed by atoms with Crippen LogP contribution in [0, 0.1) is 5.92 Å². The number of carbonyl (C=O) groups excluding carboxylic acids is 1.